The molecule has 1 heterocycles. The maximum atomic E-state index is 12.4. The van der Waals surface area contributed by atoms with E-state index in [0.717, 1.165) is 24.0 Å². The van der Waals surface area contributed by atoms with Gasteiger partial charge in [-0.2, -0.15) is 0 Å². The number of carbonyl (C=O) groups excluding carboxylic acids is 2. The highest BCUT2D eigenvalue weighted by Crippen LogP contribution is 2.28. The predicted molar refractivity (Wildman–Crippen MR) is 122 cm³/mol. The second-order valence-corrected chi connectivity index (χ2v) is 7.79. The summed E-state index contributed by atoms with van der Waals surface area (Å²) in [6.07, 6.45) is 2.17. The van der Waals surface area contributed by atoms with E-state index in [1.165, 1.54) is 0 Å². The topological polar surface area (TPSA) is 77.1 Å². The number of amides is 2. The molecule has 0 spiro atoms. The number of piperidine rings is 1. The van der Waals surface area contributed by atoms with Crippen LogP contribution >= 0.6 is 0 Å². The van der Waals surface area contributed by atoms with Gasteiger partial charge in [0.15, 0.2) is 11.5 Å². The molecule has 1 aliphatic heterocycles. The van der Waals surface area contributed by atoms with Crippen molar-refractivity contribution in [2.45, 2.75) is 45.3 Å². The molecule has 0 bridgehead atoms. The first-order valence-electron chi connectivity index (χ1n) is 11.1. The zero-order valence-corrected chi connectivity index (χ0v) is 18.8. The number of likely N-dealkylation sites (tertiary alicyclic amines) is 1. The second-order valence-electron chi connectivity index (χ2n) is 7.79. The lowest BCUT2D eigenvalue weighted by Gasteiger charge is -2.31. The van der Waals surface area contributed by atoms with Crippen LogP contribution in [0, 0.1) is 0 Å². The quantitative estimate of drug-likeness (QED) is 0.639. The number of methoxy groups -OCH3 is 1. The molecule has 32 heavy (non-hydrogen) atoms. The van der Waals surface area contributed by atoms with Gasteiger partial charge in [-0.3, -0.25) is 4.79 Å². The van der Waals surface area contributed by atoms with Crippen molar-refractivity contribution in [3.05, 3.63) is 59.7 Å². The largest absolute Gasteiger partial charge is 0.493 e. The van der Waals surface area contributed by atoms with Crippen molar-refractivity contribution in [3.63, 3.8) is 0 Å². The van der Waals surface area contributed by atoms with E-state index < -0.39 is 0 Å². The van der Waals surface area contributed by atoms with E-state index in [1.54, 1.807) is 12.0 Å². The molecule has 1 saturated heterocycles. The molecule has 3 rings (SSSR count). The molecule has 7 nitrogen and oxygen atoms in total. The molecule has 0 atom stereocenters. The van der Waals surface area contributed by atoms with Crippen LogP contribution in [-0.2, 0) is 22.6 Å². The molecule has 1 aliphatic rings. The second kappa shape index (κ2) is 12.0. The Morgan fingerprint density at radius 2 is 1.78 bits per heavy atom. The molecule has 0 aromatic heterocycles. The SMILES string of the molecule is CCOc1ccc(CCC(=O)NC2CCN(C(=O)OCc3ccccc3)CC2)cc1OC. The summed E-state index contributed by atoms with van der Waals surface area (Å²) in [5.41, 5.74) is 1.99. The van der Waals surface area contributed by atoms with Gasteiger partial charge in [-0.25, -0.2) is 4.79 Å². The normalized spacial score (nSPS) is 14.0. The zero-order chi connectivity index (χ0) is 22.8. The van der Waals surface area contributed by atoms with Crippen LogP contribution in [0.2, 0.25) is 0 Å². The van der Waals surface area contributed by atoms with E-state index in [1.807, 2.05) is 55.5 Å². The lowest BCUT2D eigenvalue weighted by molar-refractivity contribution is -0.122. The molecule has 2 aromatic rings. The molecule has 0 aliphatic carbocycles. The molecular formula is C25H32N2O5. The maximum Gasteiger partial charge on any atom is 0.410 e. The van der Waals surface area contributed by atoms with E-state index in [2.05, 4.69) is 5.32 Å². The van der Waals surface area contributed by atoms with Crippen molar-refractivity contribution in [2.75, 3.05) is 26.8 Å². The highest BCUT2D eigenvalue weighted by Gasteiger charge is 2.24. The average Bonchev–Trinajstić information content (AvgIpc) is 2.83. The third-order valence-electron chi connectivity index (χ3n) is 5.49. The van der Waals surface area contributed by atoms with Gasteiger partial charge in [-0.05, 0) is 49.4 Å². The number of aryl methyl sites for hydroxylation is 1. The number of rotatable bonds is 9. The van der Waals surface area contributed by atoms with Crippen molar-refractivity contribution in [1.82, 2.24) is 10.2 Å². The summed E-state index contributed by atoms with van der Waals surface area (Å²) in [4.78, 5) is 26.4. The van der Waals surface area contributed by atoms with Gasteiger partial charge in [0.05, 0.1) is 13.7 Å². The summed E-state index contributed by atoms with van der Waals surface area (Å²) < 4.78 is 16.3. The van der Waals surface area contributed by atoms with Crippen LogP contribution in [0.15, 0.2) is 48.5 Å². The Hall–Kier alpha value is -3.22. The smallest absolute Gasteiger partial charge is 0.410 e. The summed E-state index contributed by atoms with van der Waals surface area (Å²) in [5, 5.41) is 3.09. The van der Waals surface area contributed by atoms with Gasteiger partial charge in [0.2, 0.25) is 5.91 Å². The molecule has 0 unspecified atom stereocenters. The average molecular weight is 441 g/mol. The molecule has 7 heteroatoms. The van der Waals surface area contributed by atoms with Crippen LogP contribution in [0.3, 0.4) is 0 Å². The third kappa shape index (κ3) is 6.90. The molecule has 0 radical (unpaired) electrons. The van der Waals surface area contributed by atoms with E-state index in [4.69, 9.17) is 14.2 Å². The van der Waals surface area contributed by atoms with Crippen molar-refractivity contribution in [3.8, 4) is 11.5 Å². The Labute approximate surface area is 189 Å². The van der Waals surface area contributed by atoms with Crippen LogP contribution < -0.4 is 14.8 Å². The fourth-order valence-corrected chi connectivity index (χ4v) is 3.72. The molecule has 2 amide bonds. The van der Waals surface area contributed by atoms with Crippen LogP contribution in [-0.4, -0.2) is 49.7 Å². The van der Waals surface area contributed by atoms with Gasteiger partial charge >= 0.3 is 6.09 Å². The van der Waals surface area contributed by atoms with Gasteiger partial charge in [-0.15, -0.1) is 0 Å². The lowest BCUT2D eigenvalue weighted by Crippen LogP contribution is -2.46. The number of nitrogens with one attached hydrogen (secondary N) is 1. The number of benzene rings is 2. The number of nitrogens with zero attached hydrogens (tertiary/aromatic N) is 1. The fourth-order valence-electron chi connectivity index (χ4n) is 3.72. The Balaban J connectivity index is 1.37. The van der Waals surface area contributed by atoms with Crippen LogP contribution in [0.25, 0.3) is 0 Å². The molecule has 0 saturated carbocycles. The Morgan fingerprint density at radius 3 is 2.47 bits per heavy atom. The van der Waals surface area contributed by atoms with Crippen molar-refractivity contribution < 1.29 is 23.8 Å². The number of hydrogen-bond donors (Lipinski definition) is 1. The Morgan fingerprint density at radius 1 is 1.03 bits per heavy atom. The molecule has 2 aromatic carbocycles. The highest BCUT2D eigenvalue weighted by molar-refractivity contribution is 5.76. The molecule has 172 valence electrons. The monoisotopic (exact) mass is 440 g/mol. The van der Waals surface area contributed by atoms with Gasteiger partial charge in [-0.1, -0.05) is 36.4 Å². The van der Waals surface area contributed by atoms with Crippen LogP contribution in [0.4, 0.5) is 4.79 Å². The minimum absolute atomic E-state index is 0.0166. The maximum absolute atomic E-state index is 12.4. The number of hydrogen-bond acceptors (Lipinski definition) is 5. The van der Waals surface area contributed by atoms with Crippen molar-refractivity contribution in [1.29, 1.82) is 0 Å². The third-order valence-corrected chi connectivity index (χ3v) is 5.49. The summed E-state index contributed by atoms with van der Waals surface area (Å²) >= 11 is 0. The van der Waals surface area contributed by atoms with Crippen LogP contribution in [0.5, 0.6) is 11.5 Å². The Kier molecular flexibility index (Phi) is 8.78. The standard InChI is InChI=1S/C25H32N2O5/c1-3-31-22-11-9-19(17-23(22)30-2)10-12-24(28)26-21-13-15-27(16-14-21)25(29)32-18-20-7-5-4-6-8-20/h4-9,11,17,21H,3,10,12-16,18H2,1-2H3,(H,26,28). The number of carbonyl (C=O) groups is 2. The summed E-state index contributed by atoms with van der Waals surface area (Å²) in [5.74, 6) is 1.40. The first-order valence-corrected chi connectivity index (χ1v) is 11.1. The van der Waals surface area contributed by atoms with E-state index >= 15 is 0 Å². The van der Waals surface area contributed by atoms with Gasteiger partial charge in [0, 0.05) is 25.6 Å². The van der Waals surface area contributed by atoms with Gasteiger partial charge in [0.25, 0.3) is 0 Å². The first-order chi connectivity index (χ1) is 15.6. The van der Waals surface area contributed by atoms with Crippen molar-refractivity contribution >= 4 is 12.0 Å². The molecule has 1 N–H and O–H groups in total. The fraction of sp³-hybridized carbons (Fsp3) is 0.440. The van der Waals surface area contributed by atoms with E-state index in [9.17, 15) is 9.59 Å². The lowest BCUT2D eigenvalue weighted by atomic mass is 10.0. The van der Waals surface area contributed by atoms with E-state index in [0.29, 0.717) is 44.0 Å². The van der Waals surface area contributed by atoms with Gasteiger partial charge < -0.3 is 24.4 Å². The minimum Gasteiger partial charge on any atom is -0.493 e. The zero-order valence-electron chi connectivity index (χ0n) is 18.8. The summed E-state index contributed by atoms with van der Waals surface area (Å²) in [6, 6.07) is 15.5. The molecule has 1 fully saturated rings. The van der Waals surface area contributed by atoms with E-state index in [-0.39, 0.29) is 24.6 Å². The molecular weight excluding hydrogens is 408 g/mol. The summed E-state index contributed by atoms with van der Waals surface area (Å²) in [6.45, 7) is 3.92. The highest BCUT2D eigenvalue weighted by atomic mass is 16.6. The Bertz CT molecular complexity index is 879. The number of ether oxygens (including phenoxy) is 3. The predicted octanol–water partition coefficient (Wildman–Crippen LogP) is 3.94. The summed E-state index contributed by atoms with van der Waals surface area (Å²) in [7, 11) is 1.61. The van der Waals surface area contributed by atoms with Crippen LogP contribution in [0.1, 0.15) is 37.3 Å². The minimum atomic E-state index is -0.303. The first kappa shape index (κ1) is 23.4. The van der Waals surface area contributed by atoms with Gasteiger partial charge in [0.1, 0.15) is 6.61 Å². The van der Waals surface area contributed by atoms with Crippen molar-refractivity contribution in [2.24, 2.45) is 0 Å².